The number of dihydropyridines is 1. The monoisotopic (exact) mass is 404 g/mol. The minimum atomic E-state index is -0.546. The van der Waals surface area contributed by atoms with Crippen molar-refractivity contribution in [1.82, 2.24) is 5.32 Å². The number of carbonyl (C=O) groups excluding carboxylic acids is 2. The van der Waals surface area contributed by atoms with E-state index in [0.717, 1.165) is 18.5 Å². The number of methoxy groups -OCH3 is 1. The van der Waals surface area contributed by atoms with Crippen LogP contribution in [0.25, 0.3) is 0 Å². The Balaban J connectivity index is 1.80. The van der Waals surface area contributed by atoms with Crippen LogP contribution in [0.4, 0.5) is 5.69 Å². The lowest BCUT2D eigenvalue weighted by atomic mass is 9.75. The summed E-state index contributed by atoms with van der Waals surface area (Å²) >= 11 is 0. The molecule has 0 unspecified atom stereocenters. The van der Waals surface area contributed by atoms with Gasteiger partial charge >= 0.3 is 0 Å². The molecule has 6 nitrogen and oxygen atoms in total. The molecule has 1 aliphatic carbocycles. The van der Waals surface area contributed by atoms with Crippen LogP contribution >= 0.6 is 0 Å². The minimum absolute atomic E-state index is 0.0344. The summed E-state index contributed by atoms with van der Waals surface area (Å²) in [6.45, 7) is 1.84. The molecule has 3 N–H and O–H groups in total. The van der Waals surface area contributed by atoms with Crippen LogP contribution in [-0.4, -0.2) is 23.9 Å². The smallest absolute Gasteiger partial charge is 0.254 e. The van der Waals surface area contributed by atoms with E-state index >= 15 is 0 Å². The highest BCUT2D eigenvalue weighted by Crippen LogP contribution is 2.43. The number of benzene rings is 2. The van der Waals surface area contributed by atoms with Crippen molar-refractivity contribution < 1.29 is 19.4 Å². The molecule has 1 atom stereocenters. The molecule has 0 spiro atoms. The topological polar surface area (TPSA) is 87.7 Å². The summed E-state index contributed by atoms with van der Waals surface area (Å²) < 4.78 is 5.35. The van der Waals surface area contributed by atoms with Gasteiger partial charge in [0.05, 0.1) is 12.8 Å². The molecule has 30 heavy (non-hydrogen) atoms. The maximum Gasteiger partial charge on any atom is 0.254 e. The Morgan fingerprint density at radius 3 is 2.73 bits per heavy atom. The lowest BCUT2D eigenvalue weighted by molar-refractivity contribution is -0.116. The fourth-order valence-corrected chi connectivity index (χ4v) is 4.26. The Kier molecular flexibility index (Phi) is 5.31. The molecule has 6 heteroatoms. The summed E-state index contributed by atoms with van der Waals surface area (Å²) in [5.41, 5.74) is 3.90. The van der Waals surface area contributed by atoms with Crippen LogP contribution in [0.1, 0.15) is 37.7 Å². The zero-order valence-corrected chi connectivity index (χ0v) is 17.0. The van der Waals surface area contributed by atoms with Gasteiger partial charge in [-0.2, -0.15) is 0 Å². The summed E-state index contributed by atoms with van der Waals surface area (Å²) in [4.78, 5) is 26.3. The first kappa shape index (κ1) is 19.8. The number of ketones is 1. The number of rotatable bonds is 4. The Morgan fingerprint density at radius 1 is 1.17 bits per heavy atom. The van der Waals surface area contributed by atoms with E-state index < -0.39 is 5.92 Å². The van der Waals surface area contributed by atoms with Crippen molar-refractivity contribution in [3.63, 3.8) is 0 Å². The average Bonchev–Trinajstić information content (AvgIpc) is 2.73. The van der Waals surface area contributed by atoms with Crippen LogP contribution in [-0.2, 0) is 9.59 Å². The van der Waals surface area contributed by atoms with E-state index in [1.54, 1.807) is 37.4 Å². The first-order valence-corrected chi connectivity index (χ1v) is 9.97. The van der Waals surface area contributed by atoms with Crippen LogP contribution in [0.15, 0.2) is 71.1 Å². The van der Waals surface area contributed by atoms with E-state index in [0.29, 0.717) is 40.3 Å². The number of phenolic OH excluding ortho intramolecular Hbond substituents is 1. The quantitative estimate of drug-likeness (QED) is 0.717. The summed E-state index contributed by atoms with van der Waals surface area (Å²) in [5.74, 6) is -0.181. The average molecular weight is 404 g/mol. The molecule has 0 saturated heterocycles. The molecule has 2 aromatic carbocycles. The lowest BCUT2D eigenvalue weighted by Crippen LogP contribution is -2.35. The van der Waals surface area contributed by atoms with E-state index in [4.69, 9.17) is 4.74 Å². The number of nitrogens with one attached hydrogen (secondary N) is 2. The molecule has 1 aliphatic heterocycles. The maximum absolute atomic E-state index is 13.4. The van der Waals surface area contributed by atoms with Gasteiger partial charge in [0.1, 0.15) is 11.5 Å². The lowest BCUT2D eigenvalue weighted by Gasteiger charge is -2.34. The summed E-state index contributed by atoms with van der Waals surface area (Å²) in [5, 5.41) is 16.3. The standard InChI is InChI=1S/C24H24N2O4/c1-14-21(24(29)26-17-9-3-4-12-20(17)30-2)22(15-7-5-8-16(27)13-15)23-18(25-14)10-6-11-19(23)28/h3-5,7-9,12-13,22,25,27H,6,10-11H2,1-2H3,(H,26,29)/t22-/m1/s1. The van der Waals surface area contributed by atoms with Crippen molar-refractivity contribution in [2.75, 3.05) is 12.4 Å². The molecule has 0 aromatic heterocycles. The van der Waals surface area contributed by atoms with Crippen LogP contribution in [0, 0.1) is 0 Å². The molecule has 0 fully saturated rings. The second-order valence-electron chi connectivity index (χ2n) is 7.52. The van der Waals surface area contributed by atoms with Crippen LogP contribution in [0.3, 0.4) is 0 Å². The van der Waals surface area contributed by atoms with Gasteiger partial charge in [0.2, 0.25) is 0 Å². The van der Waals surface area contributed by atoms with E-state index in [2.05, 4.69) is 10.6 Å². The number of hydrogen-bond donors (Lipinski definition) is 3. The second-order valence-corrected chi connectivity index (χ2v) is 7.52. The number of ether oxygens (including phenoxy) is 1. The van der Waals surface area contributed by atoms with Crippen molar-refractivity contribution in [3.8, 4) is 11.5 Å². The van der Waals surface area contributed by atoms with Crippen LogP contribution in [0.2, 0.25) is 0 Å². The number of amides is 1. The number of phenols is 1. The Bertz CT molecular complexity index is 1080. The number of para-hydroxylation sites is 2. The molecule has 0 saturated carbocycles. The predicted molar refractivity (Wildman–Crippen MR) is 114 cm³/mol. The minimum Gasteiger partial charge on any atom is -0.508 e. The van der Waals surface area contributed by atoms with Gasteiger partial charge in [0.15, 0.2) is 5.78 Å². The summed E-state index contributed by atoms with van der Waals surface area (Å²) in [6.07, 6.45) is 2.00. The number of Topliss-reactive ketones (excluding diaryl/α,β-unsaturated/α-hetero) is 1. The van der Waals surface area contributed by atoms with Gasteiger partial charge in [-0.1, -0.05) is 24.3 Å². The predicted octanol–water partition coefficient (Wildman–Crippen LogP) is 4.01. The Morgan fingerprint density at radius 2 is 1.97 bits per heavy atom. The van der Waals surface area contributed by atoms with E-state index in [9.17, 15) is 14.7 Å². The number of carbonyl (C=O) groups is 2. The first-order chi connectivity index (χ1) is 14.5. The molecule has 154 valence electrons. The maximum atomic E-state index is 13.4. The third-order valence-electron chi connectivity index (χ3n) is 5.58. The number of hydrogen-bond acceptors (Lipinski definition) is 5. The van der Waals surface area contributed by atoms with Crippen LogP contribution in [0.5, 0.6) is 11.5 Å². The summed E-state index contributed by atoms with van der Waals surface area (Å²) in [6, 6.07) is 13.9. The highest BCUT2D eigenvalue weighted by Gasteiger charge is 2.38. The molecule has 2 aliphatic rings. The fraction of sp³-hybridized carbons (Fsp3) is 0.250. The SMILES string of the molecule is COc1ccccc1NC(=O)C1=C(C)NC2=C(C(=O)CCC2)[C@@H]1c1cccc(O)c1. The third kappa shape index (κ3) is 3.56. The van der Waals surface area contributed by atoms with Crippen molar-refractivity contribution in [3.05, 3.63) is 76.6 Å². The Hall–Kier alpha value is -3.54. The highest BCUT2D eigenvalue weighted by atomic mass is 16.5. The zero-order chi connectivity index (χ0) is 21.3. The fourth-order valence-electron chi connectivity index (χ4n) is 4.26. The zero-order valence-electron chi connectivity index (χ0n) is 17.0. The van der Waals surface area contributed by atoms with Gasteiger partial charge in [-0.15, -0.1) is 0 Å². The number of anilines is 1. The van der Waals surface area contributed by atoms with Gasteiger partial charge in [0.25, 0.3) is 5.91 Å². The molecule has 0 bridgehead atoms. The molecule has 4 rings (SSSR count). The summed E-state index contributed by atoms with van der Waals surface area (Å²) in [7, 11) is 1.55. The van der Waals surface area contributed by atoms with Gasteiger partial charge in [-0.3, -0.25) is 9.59 Å². The van der Waals surface area contributed by atoms with Gasteiger partial charge in [-0.25, -0.2) is 0 Å². The van der Waals surface area contributed by atoms with Crippen LogP contribution < -0.4 is 15.4 Å². The van der Waals surface area contributed by atoms with Gasteiger partial charge < -0.3 is 20.5 Å². The molecule has 1 amide bonds. The third-order valence-corrected chi connectivity index (χ3v) is 5.58. The normalized spacial score (nSPS) is 18.6. The van der Waals surface area contributed by atoms with E-state index in [-0.39, 0.29) is 17.4 Å². The number of aromatic hydroxyl groups is 1. The largest absolute Gasteiger partial charge is 0.508 e. The molecule has 0 radical (unpaired) electrons. The van der Waals surface area contributed by atoms with Crippen molar-refractivity contribution in [1.29, 1.82) is 0 Å². The van der Waals surface area contributed by atoms with Gasteiger partial charge in [0, 0.05) is 34.9 Å². The molecular formula is C24H24N2O4. The van der Waals surface area contributed by atoms with Crippen molar-refractivity contribution in [2.45, 2.75) is 32.1 Å². The Labute approximate surface area is 175 Å². The van der Waals surface area contributed by atoms with E-state index in [1.807, 2.05) is 25.1 Å². The first-order valence-electron chi connectivity index (χ1n) is 9.97. The van der Waals surface area contributed by atoms with Crippen molar-refractivity contribution in [2.24, 2.45) is 0 Å². The number of allylic oxidation sites excluding steroid dienone is 3. The van der Waals surface area contributed by atoms with E-state index in [1.165, 1.54) is 0 Å². The van der Waals surface area contributed by atoms with Gasteiger partial charge in [-0.05, 0) is 49.6 Å². The molecule has 1 heterocycles. The molecule has 2 aromatic rings. The molecular weight excluding hydrogens is 380 g/mol. The van der Waals surface area contributed by atoms with Crippen molar-refractivity contribution >= 4 is 17.4 Å². The second kappa shape index (κ2) is 8.06. The highest BCUT2D eigenvalue weighted by molar-refractivity contribution is 6.10.